The molecule has 1 aromatic heterocycles. The Bertz CT molecular complexity index is 1090. The number of hydrazone groups is 1. The Morgan fingerprint density at radius 1 is 1.19 bits per heavy atom. The molecule has 1 amide bonds. The maximum atomic E-state index is 12.2. The van der Waals surface area contributed by atoms with E-state index in [9.17, 15) is 9.90 Å². The van der Waals surface area contributed by atoms with Gasteiger partial charge in [-0.05, 0) is 26.0 Å². The van der Waals surface area contributed by atoms with E-state index < -0.39 is 0 Å². The zero-order chi connectivity index (χ0) is 23.1. The van der Waals surface area contributed by atoms with E-state index in [1.807, 2.05) is 42.7 Å². The molecule has 0 atom stereocenters. The smallest absolute Gasteiger partial charge is 0.250 e. The fourth-order valence-electron chi connectivity index (χ4n) is 2.93. The van der Waals surface area contributed by atoms with E-state index in [4.69, 9.17) is 9.47 Å². The van der Waals surface area contributed by atoms with Crippen molar-refractivity contribution in [1.82, 2.24) is 20.2 Å². The maximum absolute atomic E-state index is 12.2. The van der Waals surface area contributed by atoms with Crippen LogP contribution in [0.2, 0.25) is 0 Å². The predicted octanol–water partition coefficient (Wildman–Crippen LogP) is 3.24. The van der Waals surface area contributed by atoms with Gasteiger partial charge in [-0.15, -0.1) is 10.2 Å². The summed E-state index contributed by atoms with van der Waals surface area (Å²) in [6, 6.07) is 11.2. The first-order chi connectivity index (χ1) is 15.5. The molecule has 0 aliphatic carbocycles. The first kappa shape index (κ1) is 23.1. The molecular formula is C22H25N5O4S. The Hall–Kier alpha value is -3.53. The number of carbonyl (C=O) groups excluding carboxylic acids is 1. The van der Waals surface area contributed by atoms with Crippen LogP contribution in [0.1, 0.15) is 18.1 Å². The molecule has 32 heavy (non-hydrogen) atoms. The van der Waals surface area contributed by atoms with E-state index in [1.54, 1.807) is 12.1 Å². The molecule has 2 aromatic carbocycles. The van der Waals surface area contributed by atoms with Crippen molar-refractivity contribution in [2.45, 2.75) is 25.5 Å². The van der Waals surface area contributed by atoms with Gasteiger partial charge in [-0.3, -0.25) is 4.79 Å². The number of aryl methyl sites for hydroxylation is 1. The average molecular weight is 456 g/mol. The third-order valence-corrected chi connectivity index (χ3v) is 5.55. The van der Waals surface area contributed by atoms with Crippen molar-refractivity contribution in [3.05, 3.63) is 47.5 Å². The van der Waals surface area contributed by atoms with Gasteiger partial charge in [0.25, 0.3) is 5.91 Å². The van der Waals surface area contributed by atoms with Crippen LogP contribution in [0, 0.1) is 6.92 Å². The van der Waals surface area contributed by atoms with Crippen molar-refractivity contribution >= 4 is 23.9 Å². The van der Waals surface area contributed by atoms with Gasteiger partial charge in [-0.1, -0.05) is 41.6 Å². The summed E-state index contributed by atoms with van der Waals surface area (Å²) in [7, 11) is 2.88. The Morgan fingerprint density at radius 2 is 1.84 bits per heavy atom. The van der Waals surface area contributed by atoms with E-state index in [1.165, 1.54) is 37.8 Å². The van der Waals surface area contributed by atoms with Gasteiger partial charge in [0.1, 0.15) is 0 Å². The Balaban J connectivity index is 1.61. The molecule has 2 N–H and O–H groups in total. The second-order valence-corrected chi connectivity index (χ2v) is 7.71. The molecule has 0 saturated carbocycles. The molecule has 0 unspecified atom stereocenters. The number of aromatic nitrogens is 3. The number of hydrogen-bond donors (Lipinski definition) is 2. The van der Waals surface area contributed by atoms with Crippen LogP contribution in [-0.4, -0.2) is 52.0 Å². The number of carbonyl (C=O) groups is 1. The SMILES string of the molecule is CCn1c(SCC(=O)N/N=C/c2cc(OC)c(O)c(OC)c2)nnc1-c1ccc(C)cc1. The minimum absolute atomic E-state index is 0.0994. The highest BCUT2D eigenvalue weighted by Crippen LogP contribution is 2.36. The molecule has 0 spiro atoms. The third-order valence-electron chi connectivity index (χ3n) is 4.58. The normalized spacial score (nSPS) is 11.0. The lowest BCUT2D eigenvalue weighted by Gasteiger charge is -2.09. The largest absolute Gasteiger partial charge is 0.502 e. The summed E-state index contributed by atoms with van der Waals surface area (Å²) in [5.41, 5.74) is 5.23. The number of phenols is 1. The fourth-order valence-corrected chi connectivity index (χ4v) is 3.72. The number of hydrogen-bond acceptors (Lipinski definition) is 8. The molecule has 1 heterocycles. The number of ether oxygens (including phenoxy) is 2. The summed E-state index contributed by atoms with van der Waals surface area (Å²) in [6.45, 7) is 4.73. The van der Waals surface area contributed by atoms with E-state index in [-0.39, 0.29) is 28.9 Å². The van der Waals surface area contributed by atoms with E-state index >= 15 is 0 Å². The lowest BCUT2D eigenvalue weighted by molar-refractivity contribution is -0.118. The molecule has 168 valence electrons. The molecule has 3 rings (SSSR count). The summed E-state index contributed by atoms with van der Waals surface area (Å²) in [6.07, 6.45) is 1.44. The van der Waals surface area contributed by atoms with Crippen molar-refractivity contribution in [3.63, 3.8) is 0 Å². The Morgan fingerprint density at radius 3 is 2.44 bits per heavy atom. The summed E-state index contributed by atoms with van der Waals surface area (Å²) in [5, 5.41) is 23.1. The second kappa shape index (κ2) is 10.7. The lowest BCUT2D eigenvalue weighted by atomic mass is 10.1. The maximum Gasteiger partial charge on any atom is 0.250 e. The van der Waals surface area contributed by atoms with Gasteiger partial charge in [-0.25, -0.2) is 5.43 Å². The molecule has 0 bridgehead atoms. The number of amides is 1. The fraction of sp³-hybridized carbons (Fsp3) is 0.273. The van der Waals surface area contributed by atoms with Crippen molar-refractivity contribution in [3.8, 4) is 28.6 Å². The number of nitrogens with zero attached hydrogens (tertiary/aromatic N) is 4. The van der Waals surface area contributed by atoms with Crippen LogP contribution >= 0.6 is 11.8 Å². The van der Waals surface area contributed by atoms with E-state index in [0.29, 0.717) is 17.3 Å². The molecule has 9 nitrogen and oxygen atoms in total. The van der Waals surface area contributed by atoms with Gasteiger partial charge in [0.2, 0.25) is 5.75 Å². The van der Waals surface area contributed by atoms with Gasteiger partial charge < -0.3 is 19.1 Å². The molecule has 0 saturated heterocycles. The Labute approximate surface area is 190 Å². The second-order valence-electron chi connectivity index (χ2n) is 6.77. The quantitative estimate of drug-likeness (QED) is 0.289. The molecule has 0 radical (unpaired) electrons. The first-order valence-electron chi connectivity index (χ1n) is 9.86. The van der Waals surface area contributed by atoms with Gasteiger partial charge in [-0.2, -0.15) is 5.10 Å². The lowest BCUT2D eigenvalue weighted by Crippen LogP contribution is -2.20. The molecule has 3 aromatic rings. The zero-order valence-corrected chi connectivity index (χ0v) is 19.1. The highest BCUT2D eigenvalue weighted by atomic mass is 32.2. The first-order valence-corrected chi connectivity index (χ1v) is 10.8. The van der Waals surface area contributed by atoms with Gasteiger partial charge in [0.15, 0.2) is 22.5 Å². The monoisotopic (exact) mass is 455 g/mol. The predicted molar refractivity (Wildman–Crippen MR) is 124 cm³/mol. The Kier molecular flexibility index (Phi) is 7.72. The standard InChI is InChI=1S/C22H25N5O4S/c1-5-27-21(16-8-6-14(2)7-9-16)25-26-22(27)32-13-19(28)24-23-12-15-10-17(30-3)20(29)18(11-15)31-4/h6-12,29H,5,13H2,1-4H3,(H,24,28)/b23-12+. The third kappa shape index (κ3) is 5.38. The van der Waals surface area contributed by atoms with Crippen molar-refractivity contribution in [1.29, 1.82) is 0 Å². The van der Waals surface area contributed by atoms with Crippen LogP contribution < -0.4 is 14.9 Å². The summed E-state index contributed by atoms with van der Waals surface area (Å²) < 4.78 is 12.2. The summed E-state index contributed by atoms with van der Waals surface area (Å²) in [4.78, 5) is 12.2. The molecule has 0 aliphatic heterocycles. The van der Waals surface area contributed by atoms with Crippen LogP contribution in [0.4, 0.5) is 0 Å². The van der Waals surface area contributed by atoms with Crippen LogP contribution in [0.5, 0.6) is 17.2 Å². The van der Waals surface area contributed by atoms with Gasteiger partial charge >= 0.3 is 0 Å². The van der Waals surface area contributed by atoms with Crippen LogP contribution in [0.3, 0.4) is 0 Å². The molecule has 10 heteroatoms. The number of rotatable bonds is 9. The minimum Gasteiger partial charge on any atom is -0.502 e. The summed E-state index contributed by atoms with van der Waals surface area (Å²) in [5.74, 6) is 1.01. The number of nitrogens with one attached hydrogen (secondary N) is 1. The molecule has 0 fully saturated rings. The molecular weight excluding hydrogens is 430 g/mol. The van der Waals surface area contributed by atoms with Crippen LogP contribution in [0.15, 0.2) is 46.7 Å². The van der Waals surface area contributed by atoms with E-state index in [2.05, 4.69) is 20.7 Å². The van der Waals surface area contributed by atoms with Crippen molar-refractivity contribution < 1.29 is 19.4 Å². The number of phenolic OH excluding ortho intramolecular Hbond substituents is 1. The average Bonchev–Trinajstić information content (AvgIpc) is 3.22. The van der Waals surface area contributed by atoms with Gasteiger partial charge in [0.05, 0.1) is 26.2 Å². The van der Waals surface area contributed by atoms with Gasteiger partial charge in [0, 0.05) is 17.7 Å². The number of aromatic hydroxyl groups is 1. The van der Waals surface area contributed by atoms with Crippen LogP contribution in [-0.2, 0) is 11.3 Å². The number of benzene rings is 2. The summed E-state index contributed by atoms with van der Waals surface area (Å²) >= 11 is 1.29. The van der Waals surface area contributed by atoms with Crippen molar-refractivity contribution in [2.75, 3.05) is 20.0 Å². The number of thioether (sulfide) groups is 1. The van der Waals surface area contributed by atoms with Crippen LogP contribution in [0.25, 0.3) is 11.4 Å². The minimum atomic E-state index is -0.286. The highest BCUT2D eigenvalue weighted by Gasteiger charge is 2.14. The van der Waals surface area contributed by atoms with E-state index in [0.717, 1.165) is 11.4 Å². The topological polar surface area (TPSA) is 111 Å². The molecule has 0 aliphatic rings. The highest BCUT2D eigenvalue weighted by molar-refractivity contribution is 7.99. The number of methoxy groups -OCH3 is 2. The zero-order valence-electron chi connectivity index (χ0n) is 18.3. The van der Waals surface area contributed by atoms with Crippen molar-refractivity contribution in [2.24, 2.45) is 5.10 Å².